The second-order valence-electron chi connectivity index (χ2n) is 10.3. The summed E-state index contributed by atoms with van der Waals surface area (Å²) >= 11 is 0. The van der Waals surface area contributed by atoms with Crippen molar-refractivity contribution in [1.29, 1.82) is 0 Å². The van der Waals surface area contributed by atoms with Gasteiger partial charge in [0.2, 0.25) is 0 Å². The monoisotopic (exact) mass is 539 g/mol. The molecule has 0 saturated heterocycles. The zero-order valence-electron chi connectivity index (χ0n) is 22.7. The van der Waals surface area contributed by atoms with Crippen LogP contribution in [0.2, 0.25) is 0 Å². The molecule has 4 nitrogen and oxygen atoms in total. The topological polar surface area (TPSA) is 42.2 Å². The summed E-state index contributed by atoms with van der Waals surface area (Å²) in [5.41, 5.74) is 8.46. The third-order valence-electron chi connectivity index (χ3n) is 7.65. The van der Waals surface area contributed by atoms with Gasteiger partial charge in [0.1, 0.15) is 11.1 Å². The van der Waals surface area contributed by atoms with Crippen LogP contribution in [-0.4, -0.2) is 9.97 Å². The van der Waals surface area contributed by atoms with E-state index in [2.05, 4.69) is 108 Å². The van der Waals surface area contributed by atoms with Gasteiger partial charge in [-0.05, 0) is 54.6 Å². The zero-order valence-corrected chi connectivity index (χ0v) is 22.7. The van der Waals surface area contributed by atoms with Crippen molar-refractivity contribution in [3.63, 3.8) is 0 Å². The van der Waals surface area contributed by atoms with Gasteiger partial charge in [0, 0.05) is 44.3 Å². The molecule has 42 heavy (non-hydrogen) atoms. The Kier molecular flexibility index (Phi) is 5.75. The fourth-order valence-electron chi connectivity index (χ4n) is 5.70. The molecule has 0 N–H and O–H groups in total. The summed E-state index contributed by atoms with van der Waals surface area (Å²) in [7, 11) is 0. The molecule has 0 radical (unpaired) electrons. The molecule has 0 aliphatic heterocycles. The molecular formula is C38H25N3O. The normalized spacial score (nSPS) is 11.3. The molecule has 0 fully saturated rings. The minimum atomic E-state index is 0.650. The molecule has 8 rings (SSSR count). The molecule has 6 aromatic carbocycles. The van der Waals surface area contributed by atoms with E-state index in [1.807, 2.05) is 48.5 Å². The number of anilines is 3. The van der Waals surface area contributed by atoms with Crippen LogP contribution in [0.25, 0.3) is 55.5 Å². The molecule has 4 heteroatoms. The first kappa shape index (κ1) is 24.1. The quantitative estimate of drug-likeness (QED) is 0.218. The van der Waals surface area contributed by atoms with Crippen LogP contribution in [0.5, 0.6) is 0 Å². The lowest BCUT2D eigenvalue weighted by Crippen LogP contribution is -2.09. The van der Waals surface area contributed by atoms with Crippen LogP contribution < -0.4 is 4.90 Å². The van der Waals surface area contributed by atoms with Crippen molar-refractivity contribution in [2.75, 3.05) is 4.90 Å². The van der Waals surface area contributed by atoms with Gasteiger partial charge in [0.15, 0.2) is 11.4 Å². The molecule has 0 bridgehead atoms. The molecule has 0 aliphatic rings. The van der Waals surface area contributed by atoms with E-state index in [0.29, 0.717) is 5.82 Å². The van der Waals surface area contributed by atoms with E-state index in [1.165, 1.54) is 0 Å². The van der Waals surface area contributed by atoms with E-state index >= 15 is 0 Å². The van der Waals surface area contributed by atoms with Crippen LogP contribution in [0.4, 0.5) is 17.1 Å². The number of fused-ring (bicyclic) bond motifs is 5. The highest BCUT2D eigenvalue weighted by Crippen LogP contribution is 2.39. The number of hydrogen-bond donors (Lipinski definition) is 0. The van der Waals surface area contributed by atoms with Crippen molar-refractivity contribution < 1.29 is 4.42 Å². The molecule has 0 spiro atoms. The van der Waals surface area contributed by atoms with Gasteiger partial charge in [-0.3, -0.25) is 0 Å². The van der Waals surface area contributed by atoms with Gasteiger partial charge < -0.3 is 9.32 Å². The molecule has 2 aromatic heterocycles. The molecule has 0 saturated carbocycles. The maximum absolute atomic E-state index is 6.43. The largest absolute Gasteiger partial charge is 0.454 e. The summed E-state index contributed by atoms with van der Waals surface area (Å²) in [6.45, 7) is 0. The van der Waals surface area contributed by atoms with Crippen LogP contribution in [0.3, 0.4) is 0 Å². The lowest BCUT2D eigenvalue weighted by Gasteiger charge is -2.25. The second-order valence-corrected chi connectivity index (χ2v) is 10.3. The number of aromatic nitrogens is 2. The Morgan fingerprint density at radius 1 is 0.452 bits per heavy atom. The lowest BCUT2D eigenvalue weighted by molar-refractivity contribution is 0.671. The highest BCUT2D eigenvalue weighted by molar-refractivity contribution is 6.15. The van der Waals surface area contributed by atoms with Crippen molar-refractivity contribution >= 4 is 49.9 Å². The summed E-state index contributed by atoms with van der Waals surface area (Å²) in [6, 6.07) is 51.9. The van der Waals surface area contributed by atoms with Crippen LogP contribution in [0.15, 0.2) is 156 Å². The average molecular weight is 540 g/mol. The molecule has 8 aromatic rings. The molecular weight excluding hydrogens is 514 g/mol. The van der Waals surface area contributed by atoms with E-state index < -0.39 is 0 Å². The van der Waals surface area contributed by atoms with Crippen LogP contribution in [-0.2, 0) is 0 Å². The highest BCUT2D eigenvalue weighted by Gasteiger charge is 2.19. The van der Waals surface area contributed by atoms with Crippen LogP contribution >= 0.6 is 0 Å². The first-order valence-corrected chi connectivity index (χ1v) is 14.0. The molecule has 198 valence electrons. The summed E-state index contributed by atoms with van der Waals surface area (Å²) in [5.74, 6) is 0.650. The maximum Gasteiger partial charge on any atom is 0.161 e. The Morgan fingerprint density at radius 3 is 1.79 bits per heavy atom. The van der Waals surface area contributed by atoms with Crippen LogP contribution in [0.1, 0.15) is 0 Å². The van der Waals surface area contributed by atoms with Gasteiger partial charge in [-0.25, -0.2) is 9.97 Å². The Balaban J connectivity index is 1.37. The molecule has 0 amide bonds. The minimum absolute atomic E-state index is 0.650. The fourth-order valence-corrected chi connectivity index (χ4v) is 5.70. The number of hydrogen-bond acceptors (Lipinski definition) is 4. The molecule has 2 heterocycles. The smallest absolute Gasteiger partial charge is 0.161 e. The van der Waals surface area contributed by atoms with Gasteiger partial charge in [0.25, 0.3) is 0 Å². The predicted molar refractivity (Wildman–Crippen MR) is 172 cm³/mol. The van der Waals surface area contributed by atoms with Gasteiger partial charge in [-0.15, -0.1) is 0 Å². The van der Waals surface area contributed by atoms with Gasteiger partial charge in [-0.1, -0.05) is 97.1 Å². The summed E-state index contributed by atoms with van der Waals surface area (Å²) < 4.78 is 6.43. The van der Waals surface area contributed by atoms with Crippen molar-refractivity contribution in [2.45, 2.75) is 0 Å². The highest BCUT2D eigenvalue weighted by atomic mass is 16.3. The lowest BCUT2D eigenvalue weighted by atomic mass is 10.0. The van der Waals surface area contributed by atoms with Gasteiger partial charge in [0.05, 0.1) is 5.69 Å². The zero-order chi connectivity index (χ0) is 27.9. The first-order valence-electron chi connectivity index (χ1n) is 14.0. The number of rotatable bonds is 5. The van der Waals surface area contributed by atoms with Crippen molar-refractivity contribution in [1.82, 2.24) is 9.97 Å². The minimum Gasteiger partial charge on any atom is -0.454 e. The second kappa shape index (κ2) is 10.0. The third kappa shape index (κ3) is 4.09. The summed E-state index contributed by atoms with van der Waals surface area (Å²) in [6.07, 6.45) is 0. The van der Waals surface area contributed by atoms with E-state index in [-0.39, 0.29) is 0 Å². The number of para-hydroxylation sites is 3. The third-order valence-corrected chi connectivity index (χ3v) is 7.65. The number of benzene rings is 6. The Bertz CT molecular complexity index is 2150. The fraction of sp³-hybridized carbons (Fsp3) is 0. The van der Waals surface area contributed by atoms with Crippen molar-refractivity contribution in [2.24, 2.45) is 0 Å². The summed E-state index contributed by atoms with van der Waals surface area (Å²) in [4.78, 5) is 12.6. The van der Waals surface area contributed by atoms with Crippen molar-refractivity contribution in [3.05, 3.63) is 152 Å². The molecule has 0 aliphatic carbocycles. The Hall–Kier alpha value is -5.74. The maximum atomic E-state index is 6.43. The van der Waals surface area contributed by atoms with E-state index in [9.17, 15) is 0 Å². The van der Waals surface area contributed by atoms with Crippen molar-refractivity contribution in [3.8, 4) is 22.6 Å². The molecule has 0 unspecified atom stereocenters. The summed E-state index contributed by atoms with van der Waals surface area (Å²) in [5, 5.41) is 3.09. The Labute approximate surface area is 243 Å². The number of furan rings is 1. The van der Waals surface area contributed by atoms with Gasteiger partial charge in [-0.2, -0.15) is 0 Å². The molecule has 0 atom stereocenters. The van der Waals surface area contributed by atoms with E-state index in [0.717, 1.165) is 66.7 Å². The van der Waals surface area contributed by atoms with E-state index in [4.69, 9.17) is 14.4 Å². The Morgan fingerprint density at radius 2 is 1.05 bits per heavy atom. The van der Waals surface area contributed by atoms with E-state index in [1.54, 1.807) is 0 Å². The van der Waals surface area contributed by atoms with Gasteiger partial charge >= 0.3 is 0 Å². The average Bonchev–Trinajstić information content (AvgIpc) is 3.45. The predicted octanol–water partition coefficient (Wildman–Crippen LogP) is 10.3. The number of nitrogens with zero attached hydrogens (tertiary/aromatic N) is 3. The SMILES string of the molecule is c1ccc(-c2nc(-c3cccc(N(c4ccccc4)c4ccccc4)c3)nc3c2ccc2c4ccccc4oc23)cc1. The first-order chi connectivity index (χ1) is 20.8. The van der Waals surface area contributed by atoms with Crippen LogP contribution in [0, 0.1) is 0 Å². The standard InChI is InChI=1S/C38H25N3O/c1-4-13-26(14-5-1)35-33-24-23-32-31-21-10-11-22-34(31)42-37(32)36(33)40-38(39-35)27-15-12-20-30(25-27)41(28-16-6-2-7-17-28)29-18-8-3-9-19-29/h1-25H.